The molecule has 2 aromatic rings. The molecule has 2 rings (SSSR count). The van der Waals surface area contributed by atoms with Gasteiger partial charge in [0.2, 0.25) is 0 Å². The number of rotatable bonds is 5. The summed E-state index contributed by atoms with van der Waals surface area (Å²) in [7, 11) is 0. The molecule has 0 aliphatic rings. The van der Waals surface area contributed by atoms with Crippen LogP contribution in [0.3, 0.4) is 0 Å². The normalized spacial score (nSPS) is 15.2. The Morgan fingerprint density at radius 3 is 1.65 bits per heavy atom. The molecule has 0 aliphatic carbocycles. The maximum atomic E-state index is 12.4. The molecule has 1 N–H and O–H groups in total. The van der Waals surface area contributed by atoms with Crippen molar-refractivity contribution in [2.75, 3.05) is 0 Å². The second-order valence-corrected chi connectivity index (χ2v) is 8.47. The molecule has 2 aromatic carbocycles. The standard InChI is InChI=1S/C19H24O3S/c1-15(22-23(21)18(2,3)4)19(20,16-11-7-5-8-12-16)17-13-9-6-10-14-17/h5-15,20H,1-4H3/t15-,23+/m0/s1. The zero-order chi connectivity index (χ0) is 17.1. The maximum absolute atomic E-state index is 12.4. The summed E-state index contributed by atoms with van der Waals surface area (Å²) in [6.45, 7) is 7.30. The molecule has 0 fully saturated rings. The van der Waals surface area contributed by atoms with Gasteiger partial charge in [0.1, 0.15) is 11.7 Å². The summed E-state index contributed by atoms with van der Waals surface area (Å²) in [4.78, 5) is 0. The third-order valence-corrected chi connectivity index (χ3v) is 5.21. The van der Waals surface area contributed by atoms with Crippen molar-refractivity contribution in [3.8, 4) is 0 Å². The number of hydrogen-bond donors (Lipinski definition) is 1. The van der Waals surface area contributed by atoms with E-state index in [1.807, 2.05) is 81.4 Å². The Labute approximate surface area is 141 Å². The van der Waals surface area contributed by atoms with E-state index in [1.165, 1.54) is 0 Å². The van der Waals surface area contributed by atoms with Crippen molar-refractivity contribution < 1.29 is 13.5 Å². The lowest BCUT2D eigenvalue weighted by Crippen LogP contribution is -2.42. The Morgan fingerprint density at radius 1 is 0.913 bits per heavy atom. The van der Waals surface area contributed by atoms with Crippen molar-refractivity contribution >= 4 is 11.1 Å². The van der Waals surface area contributed by atoms with Gasteiger partial charge in [-0.2, -0.15) is 0 Å². The molecule has 0 spiro atoms. The van der Waals surface area contributed by atoms with E-state index in [1.54, 1.807) is 6.92 Å². The van der Waals surface area contributed by atoms with Crippen molar-refractivity contribution in [3.05, 3.63) is 71.8 Å². The molecule has 4 heteroatoms. The van der Waals surface area contributed by atoms with Gasteiger partial charge in [-0.25, -0.2) is 4.21 Å². The Balaban J connectivity index is 2.45. The Kier molecular flexibility index (Phi) is 5.40. The van der Waals surface area contributed by atoms with E-state index in [-0.39, 0.29) is 0 Å². The van der Waals surface area contributed by atoms with Gasteiger partial charge in [-0.05, 0) is 38.8 Å². The first-order valence-electron chi connectivity index (χ1n) is 7.68. The molecule has 0 aliphatic heterocycles. The second kappa shape index (κ2) is 6.95. The summed E-state index contributed by atoms with van der Waals surface area (Å²) < 4.78 is 17.6. The fourth-order valence-electron chi connectivity index (χ4n) is 2.37. The molecule has 0 saturated carbocycles. The summed E-state index contributed by atoms with van der Waals surface area (Å²) in [5, 5.41) is 11.5. The lowest BCUT2D eigenvalue weighted by molar-refractivity contribution is -0.0208. The maximum Gasteiger partial charge on any atom is 0.161 e. The average molecular weight is 332 g/mol. The Hall–Kier alpha value is -1.49. The summed E-state index contributed by atoms with van der Waals surface area (Å²) in [5.74, 6) is 0. The molecule has 0 bridgehead atoms. The predicted molar refractivity (Wildman–Crippen MR) is 94.3 cm³/mol. The van der Waals surface area contributed by atoms with Gasteiger partial charge in [0.05, 0.1) is 4.75 Å². The Bertz CT molecular complexity index is 608. The fourth-order valence-corrected chi connectivity index (χ4v) is 3.06. The molecule has 2 atom stereocenters. The third-order valence-electron chi connectivity index (χ3n) is 3.75. The molecule has 0 aromatic heterocycles. The van der Waals surface area contributed by atoms with Crippen LogP contribution in [0.4, 0.5) is 0 Å². The summed E-state index contributed by atoms with van der Waals surface area (Å²) in [5.41, 5.74) is 0.0536. The number of aliphatic hydroxyl groups is 1. The van der Waals surface area contributed by atoms with Gasteiger partial charge in [0.15, 0.2) is 11.1 Å². The van der Waals surface area contributed by atoms with Crippen LogP contribution in [-0.4, -0.2) is 20.2 Å². The smallest absolute Gasteiger partial charge is 0.161 e. The summed E-state index contributed by atoms with van der Waals surface area (Å²) in [6.07, 6.45) is -0.674. The third kappa shape index (κ3) is 3.89. The van der Waals surface area contributed by atoms with Gasteiger partial charge in [-0.3, -0.25) is 4.18 Å². The summed E-state index contributed by atoms with van der Waals surface area (Å²) >= 11 is -1.52. The number of benzene rings is 2. The van der Waals surface area contributed by atoms with Gasteiger partial charge in [0, 0.05) is 0 Å². The highest BCUT2D eigenvalue weighted by atomic mass is 32.2. The van der Waals surface area contributed by atoms with Crippen molar-refractivity contribution in [1.29, 1.82) is 0 Å². The van der Waals surface area contributed by atoms with Crippen molar-refractivity contribution in [2.24, 2.45) is 0 Å². The van der Waals surface area contributed by atoms with E-state index in [0.717, 1.165) is 0 Å². The highest BCUT2D eigenvalue weighted by Crippen LogP contribution is 2.35. The van der Waals surface area contributed by atoms with Crippen LogP contribution in [-0.2, 0) is 20.9 Å². The number of hydrogen-bond acceptors (Lipinski definition) is 3. The van der Waals surface area contributed by atoms with Gasteiger partial charge in [-0.1, -0.05) is 60.7 Å². The van der Waals surface area contributed by atoms with E-state index in [4.69, 9.17) is 4.18 Å². The van der Waals surface area contributed by atoms with Gasteiger partial charge < -0.3 is 5.11 Å². The van der Waals surface area contributed by atoms with Crippen molar-refractivity contribution in [1.82, 2.24) is 0 Å². The van der Waals surface area contributed by atoms with Crippen molar-refractivity contribution in [2.45, 2.75) is 44.1 Å². The lowest BCUT2D eigenvalue weighted by Gasteiger charge is -2.35. The highest BCUT2D eigenvalue weighted by molar-refractivity contribution is 7.81. The van der Waals surface area contributed by atoms with Crippen LogP contribution in [0.5, 0.6) is 0 Å². The van der Waals surface area contributed by atoms with Crippen LogP contribution in [0.15, 0.2) is 60.7 Å². The van der Waals surface area contributed by atoms with Crippen LogP contribution in [0.1, 0.15) is 38.8 Å². The monoisotopic (exact) mass is 332 g/mol. The molecule has 0 heterocycles. The molecule has 3 nitrogen and oxygen atoms in total. The topological polar surface area (TPSA) is 46.5 Å². The molecular formula is C19H24O3S. The van der Waals surface area contributed by atoms with Gasteiger partial charge in [0.25, 0.3) is 0 Å². The SMILES string of the molecule is C[C@H](O[S@@](=O)C(C)(C)C)C(O)(c1ccccc1)c1ccccc1. The van der Waals surface area contributed by atoms with E-state index in [0.29, 0.717) is 11.1 Å². The minimum Gasteiger partial charge on any atom is -0.378 e. The van der Waals surface area contributed by atoms with Crippen LogP contribution in [0.2, 0.25) is 0 Å². The first-order valence-corrected chi connectivity index (χ1v) is 8.76. The lowest BCUT2D eigenvalue weighted by atomic mass is 9.82. The van der Waals surface area contributed by atoms with E-state index >= 15 is 0 Å². The van der Waals surface area contributed by atoms with Gasteiger partial charge in [-0.15, -0.1) is 0 Å². The average Bonchev–Trinajstić information content (AvgIpc) is 2.54. The molecule has 0 saturated heterocycles. The van der Waals surface area contributed by atoms with Crippen LogP contribution in [0.25, 0.3) is 0 Å². The fraction of sp³-hybridized carbons (Fsp3) is 0.368. The predicted octanol–water partition coefficient (Wildman–Crippen LogP) is 3.79. The minimum absolute atomic E-state index is 0.511. The van der Waals surface area contributed by atoms with Crippen LogP contribution in [0, 0.1) is 0 Å². The molecule has 0 radical (unpaired) electrons. The van der Waals surface area contributed by atoms with E-state index in [9.17, 15) is 9.32 Å². The molecule has 0 amide bonds. The second-order valence-electron chi connectivity index (χ2n) is 6.58. The van der Waals surface area contributed by atoms with E-state index < -0.39 is 27.5 Å². The largest absolute Gasteiger partial charge is 0.378 e. The van der Waals surface area contributed by atoms with E-state index in [2.05, 4.69) is 0 Å². The first kappa shape index (κ1) is 17.9. The molecule has 23 heavy (non-hydrogen) atoms. The molecular weight excluding hydrogens is 308 g/mol. The van der Waals surface area contributed by atoms with Crippen LogP contribution < -0.4 is 0 Å². The zero-order valence-corrected chi connectivity index (χ0v) is 14.8. The summed E-state index contributed by atoms with van der Waals surface area (Å²) in [6, 6.07) is 18.7. The zero-order valence-electron chi connectivity index (χ0n) is 14.0. The first-order chi connectivity index (χ1) is 10.8. The van der Waals surface area contributed by atoms with Crippen molar-refractivity contribution in [3.63, 3.8) is 0 Å². The molecule has 0 unspecified atom stereocenters. The molecule has 124 valence electrons. The Morgan fingerprint density at radius 2 is 1.30 bits per heavy atom. The highest BCUT2D eigenvalue weighted by Gasteiger charge is 2.40. The quantitative estimate of drug-likeness (QED) is 0.906. The van der Waals surface area contributed by atoms with Crippen LogP contribution >= 0.6 is 0 Å². The minimum atomic E-state index is -1.52. The van der Waals surface area contributed by atoms with Gasteiger partial charge >= 0.3 is 0 Å².